The van der Waals surface area contributed by atoms with Gasteiger partial charge >= 0.3 is 0 Å². The normalized spacial score (nSPS) is 18.9. The maximum atomic E-state index is 3.73. The molecule has 1 aliphatic rings. The second kappa shape index (κ2) is 4.58. The standard InChI is InChI=1S/C15H23N/c1-12-6-7-14(13(2)10-12)11-16-15(3)8-4-5-9-15/h6-7,10,16H,4-5,8-9,11H2,1-3H3. The van der Waals surface area contributed by atoms with Gasteiger partial charge in [-0.3, -0.25) is 0 Å². The van der Waals surface area contributed by atoms with Gasteiger partial charge in [0.25, 0.3) is 0 Å². The Morgan fingerprint density at radius 3 is 2.50 bits per heavy atom. The third-order valence-corrected chi connectivity index (χ3v) is 3.91. The van der Waals surface area contributed by atoms with Gasteiger partial charge in [0.15, 0.2) is 0 Å². The van der Waals surface area contributed by atoms with E-state index in [1.54, 1.807) is 0 Å². The first-order chi connectivity index (χ1) is 7.59. The second-order valence-electron chi connectivity index (χ2n) is 5.55. The van der Waals surface area contributed by atoms with E-state index in [9.17, 15) is 0 Å². The molecule has 1 aromatic carbocycles. The number of rotatable bonds is 3. The quantitative estimate of drug-likeness (QED) is 0.813. The summed E-state index contributed by atoms with van der Waals surface area (Å²) in [7, 11) is 0. The Bertz CT molecular complexity index is 362. The molecule has 1 saturated carbocycles. The lowest BCUT2D eigenvalue weighted by Gasteiger charge is -2.26. The molecule has 0 aliphatic heterocycles. The zero-order chi connectivity index (χ0) is 11.6. The van der Waals surface area contributed by atoms with Crippen LogP contribution in [0.4, 0.5) is 0 Å². The van der Waals surface area contributed by atoms with Crippen molar-refractivity contribution in [2.45, 2.75) is 58.5 Å². The van der Waals surface area contributed by atoms with Crippen molar-refractivity contribution in [3.8, 4) is 0 Å². The molecular weight excluding hydrogens is 194 g/mol. The maximum Gasteiger partial charge on any atom is 0.0213 e. The van der Waals surface area contributed by atoms with Crippen LogP contribution in [0.15, 0.2) is 18.2 Å². The first kappa shape index (κ1) is 11.7. The van der Waals surface area contributed by atoms with Crippen molar-refractivity contribution in [1.29, 1.82) is 0 Å². The fourth-order valence-electron chi connectivity index (χ4n) is 2.68. The summed E-state index contributed by atoms with van der Waals surface area (Å²) in [4.78, 5) is 0. The second-order valence-corrected chi connectivity index (χ2v) is 5.55. The summed E-state index contributed by atoms with van der Waals surface area (Å²) in [6.07, 6.45) is 5.43. The van der Waals surface area contributed by atoms with Gasteiger partial charge in [-0.2, -0.15) is 0 Å². The van der Waals surface area contributed by atoms with Gasteiger partial charge < -0.3 is 5.32 Å². The molecule has 0 bridgehead atoms. The Hall–Kier alpha value is -0.820. The van der Waals surface area contributed by atoms with Crippen molar-refractivity contribution in [3.05, 3.63) is 34.9 Å². The lowest BCUT2D eigenvalue weighted by molar-refractivity contribution is 0.362. The Morgan fingerprint density at radius 1 is 1.19 bits per heavy atom. The first-order valence-electron chi connectivity index (χ1n) is 6.40. The Balaban J connectivity index is 1.99. The summed E-state index contributed by atoms with van der Waals surface area (Å²) < 4.78 is 0. The third-order valence-electron chi connectivity index (χ3n) is 3.91. The molecule has 1 heteroatoms. The molecule has 0 radical (unpaired) electrons. The van der Waals surface area contributed by atoms with Crippen LogP contribution in [0.2, 0.25) is 0 Å². The van der Waals surface area contributed by atoms with E-state index in [-0.39, 0.29) is 0 Å². The highest BCUT2D eigenvalue weighted by Crippen LogP contribution is 2.29. The van der Waals surface area contributed by atoms with Crippen molar-refractivity contribution < 1.29 is 0 Å². The van der Waals surface area contributed by atoms with Crippen LogP contribution in [0.25, 0.3) is 0 Å². The van der Waals surface area contributed by atoms with Crippen LogP contribution >= 0.6 is 0 Å². The van der Waals surface area contributed by atoms with Crippen LogP contribution in [0.1, 0.15) is 49.3 Å². The van der Waals surface area contributed by atoms with E-state index in [0.717, 1.165) is 6.54 Å². The molecule has 0 saturated heterocycles. The monoisotopic (exact) mass is 217 g/mol. The fourth-order valence-corrected chi connectivity index (χ4v) is 2.68. The molecule has 0 unspecified atom stereocenters. The van der Waals surface area contributed by atoms with Crippen molar-refractivity contribution in [2.75, 3.05) is 0 Å². The molecule has 1 aliphatic carbocycles. The van der Waals surface area contributed by atoms with E-state index in [1.165, 1.54) is 42.4 Å². The van der Waals surface area contributed by atoms with Gasteiger partial charge in [-0.15, -0.1) is 0 Å². The van der Waals surface area contributed by atoms with Crippen molar-refractivity contribution in [2.24, 2.45) is 0 Å². The maximum absolute atomic E-state index is 3.73. The van der Waals surface area contributed by atoms with Gasteiger partial charge in [-0.1, -0.05) is 36.6 Å². The van der Waals surface area contributed by atoms with E-state index >= 15 is 0 Å². The Morgan fingerprint density at radius 2 is 1.88 bits per heavy atom. The number of hydrogen-bond donors (Lipinski definition) is 1. The van der Waals surface area contributed by atoms with Gasteiger partial charge in [0.2, 0.25) is 0 Å². The van der Waals surface area contributed by atoms with Crippen LogP contribution in [0.5, 0.6) is 0 Å². The molecule has 1 N–H and O–H groups in total. The molecule has 1 fully saturated rings. The van der Waals surface area contributed by atoms with Crippen LogP contribution in [-0.2, 0) is 6.54 Å². The number of nitrogens with one attached hydrogen (secondary N) is 1. The minimum absolute atomic E-state index is 0.386. The zero-order valence-corrected chi connectivity index (χ0v) is 10.8. The highest BCUT2D eigenvalue weighted by molar-refractivity contribution is 5.30. The average Bonchev–Trinajstić information content (AvgIpc) is 2.64. The Kier molecular flexibility index (Phi) is 3.34. The molecule has 0 atom stereocenters. The zero-order valence-electron chi connectivity index (χ0n) is 10.8. The highest BCUT2D eigenvalue weighted by Gasteiger charge is 2.27. The molecule has 0 aromatic heterocycles. The fraction of sp³-hybridized carbons (Fsp3) is 0.600. The van der Waals surface area contributed by atoms with Gasteiger partial charge in [0.05, 0.1) is 0 Å². The summed E-state index contributed by atoms with van der Waals surface area (Å²) >= 11 is 0. The summed E-state index contributed by atoms with van der Waals surface area (Å²) in [5.74, 6) is 0. The van der Waals surface area contributed by atoms with Crippen LogP contribution in [-0.4, -0.2) is 5.54 Å². The molecule has 16 heavy (non-hydrogen) atoms. The third kappa shape index (κ3) is 2.65. The lowest BCUT2D eigenvalue weighted by Crippen LogP contribution is -2.38. The minimum Gasteiger partial charge on any atom is -0.307 e. The summed E-state index contributed by atoms with van der Waals surface area (Å²) in [6.45, 7) is 7.75. The SMILES string of the molecule is Cc1ccc(CNC2(C)CCCC2)c(C)c1. The van der Waals surface area contributed by atoms with E-state index in [4.69, 9.17) is 0 Å². The van der Waals surface area contributed by atoms with Crippen LogP contribution < -0.4 is 5.32 Å². The van der Waals surface area contributed by atoms with Gasteiger partial charge in [-0.05, 0) is 44.7 Å². The van der Waals surface area contributed by atoms with Crippen LogP contribution in [0.3, 0.4) is 0 Å². The average molecular weight is 217 g/mol. The molecule has 88 valence electrons. The largest absolute Gasteiger partial charge is 0.307 e. The number of aryl methyl sites for hydroxylation is 2. The lowest BCUT2D eigenvalue weighted by atomic mass is 9.99. The summed E-state index contributed by atoms with van der Waals surface area (Å²) in [5.41, 5.74) is 4.60. The molecule has 1 nitrogen and oxygen atoms in total. The molecule has 0 spiro atoms. The van der Waals surface area contributed by atoms with Crippen molar-refractivity contribution >= 4 is 0 Å². The van der Waals surface area contributed by atoms with Gasteiger partial charge in [0, 0.05) is 12.1 Å². The number of benzene rings is 1. The predicted octanol–water partition coefficient (Wildman–Crippen LogP) is 3.73. The molecule has 2 rings (SSSR count). The molecule has 0 amide bonds. The van der Waals surface area contributed by atoms with Gasteiger partial charge in [-0.25, -0.2) is 0 Å². The van der Waals surface area contributed by atoms with E-state index in [0.29, 0.717) is 5.54 Å². The van der Waals surface area contributed by atoms with Crippen LogP contribution in [0, 0.1) is 13.8 Å². The predicted molar refractivity (Wildman–Crippen MR) is 69.6 cm³/mol. The van der Waals surface area contributed by atoms with E-state index < -0.39 is 0 Å². The summed E-state index contributed by atoms with van der Waals surface area (Å²) in [5, 5.41) is 3.73. The van der Waals surface area contributed by atoms with E-state index in [1.807, 2.05) is 0 Å². The first-order valence-corrected chi connectivity index (χ1v) is 6.40. The molecular formula is C15H23N. The molecule has 0 heterocycles. The van der Waals surface area contributed by atoms with E-state index in [2.05, 4.69) is 44.3 Å². The Labute approximate surface area is 99.3 Å². The smallest absolute Gasteiger partial charge is 0.0213 e. The topological polar surface area (TPSA) is 12.0 Å². The highest BCUT2D eigenvalue weighted by atomic mass is 15.0. The van der Waals surface area contributed by atoms with Crippen molar-refractivity contribution in [3.63, 3.8) is 0 Å². The number of hydrogen-bond acceptors (Lipinski definition) is 1. The van der Waals surface area contributed by atoms with Gasteiger partial charge in [0.1, 0.15) is 0 Å². The van der Waals surface area contributed by atoms with Crippen molar-refractivity contribution in [1.82, 2.24) is 5.32 Å². The molecule has 1 aromatic rings. The summed E-state index contributed by atoms with van der Waals surface area (Å²) in [6, 6.07) is 6.74. The minimum atomic E-state index is 0.386.